The lowest BCUT2D eigenvalue weighted by Gasteiger charge is -2.17. The molecular weight excluding hydrogens is 262 g/mol. The van der Waals surface area contributed by atoms with E-state index in [1.807, 2.05) is 31.3 Å². The van der Waals surface area contributed by atoms with E-state index in [9.17, 15) is 0 Å². The van der Waals surface area contributed by atoms with Gasteiger partial charge in [0.25, 0.3) is 0 Å². The molecule has 1 aromatic heterocycles. The largest absolute Gasteiger partial charge is 0.496 e. The normalized spacial score (nSPS) is 10.7. The van der Waals surface area contributed by atoms with Gasteiger partial charge in [0.15, 0.2) is 5.15 Å². The lowest BCUT2D eigenvalue weighted by atomic mass is 10.2. The van der Waals surface area contributed by atoms with Gasteiger partial charge in [0.05, 0.1) is 12.8 Å². The number of halogens is 1. The number of hydrogen-bond donors (Lipinski definition) is 0. The summed E-state index contributed by atoms with van der Waals surface area (Å²) in [5.41, 5.74) is 2.04. The Kier molecular flexibility index (Phi) is 4.71. The van der Waals surface area contributed by atoms with Crippen LogP contribution in [0.15, 0.2) is 36.4 Å². The van der Waals surface area contributed by atoms with Gasteiger partial charge in [0.2, 0.25) is 0 Å². The van der Waals surface area contributed by atoms with E-state index in [1.54, 1.807) is 13.2 Å². The third-order valence-corrected chi connectivity index (χ3v) is 2.95. The highest BCUT2D eigenvalue weighted by Crippen LogP contribution is 2.19. The third-order valence-electron chi connectivity index (χ3n) is 2.75. The molecule has 2 rings (SSSR count). The monoisotopic (exact) mass is 277 g/mol. The molecule has 2 aromatic rings. The van der Waals surface area contributed by atoms with Gasteiger partial charge in [-0.3, -0.25) is 4.90 Å². The molecule has 100 valence electrons. The summed E-state index contributed by atoms with van der Waals surface area (Å²) in [5, 5.41) is 8.30. The fourth-order valence-corrected chi connectivity index (χ4v) is 1.99. The minimum Gasteiger partial charge on any atom is -0.496 e. The molecule has 4 nitrogen and oxygen atoms in total. The van der Waals surface area contributed by atoms with Gasteiger partial charge in [-0.25, -0.2) is 0 Å². The Balaban J connectivity index is 2.01. The molecule has 0 fully saturated rings. The van der Waals surface area contributed by atoms with Crippen molar-refractivity contribution in [2.45, 2.75) is 13.1 Å². The lowest BCUT2D eigenvalue weighted by Crippen LogP contribution is -2.18. The molecule has 19 heavy (non-hydrogen) atoms. The van der Waals surface area contributed by atoms with Crippen molar-refractivity contribution in [3.63, 3.8) is 0 Å². The van der Waals surface area contributed by atoms with E-state index in [0.717, 1.165) is 23.6 Å². The average molecular weight is 278 g/mol. The smallest absolute Gasteiger partial charge is 0.151 e. The standard InChI is InChI=1S/C14H16ClN3O/c1-18(10-12-7-8-14(15)17-16-12)9-11-5-3-4-6-13(11)19-2/h3-8H,9-10H2,1-2H3. The van der Waals surface area contributed by atoms with E-state index in [0.29, 0.717) is 11.7 Å². The van der Waals surface area contributed by atoms with E-state index in [-0.39, 0.29) is 0 Å². The first-order chi connectivity index (χ1) is 9.19. The number of nitrogens with zero attached hydrogens (tertiary/aromatic N) is 3. The predicted octanol–water partition coefficient (Wildman–Crippen LogP) is 2.77. The van der Waals surface area contributed by atoms with Crippen LogP contribution in [-0.2, 0) is 13.1 Å². The molecule has 0 bridgehead atoms. The number of benzene rings is 1. The summed E-state index contributed by atoms with van der Waals surface area (Å²) >= 11 is 5.71. The van der Waals surface area contributed by atoms with Crippen molar-refractivity contribution in [3.8, 4) is 5.75 Å². The summed E-state index contributed by atoms with van der Waals surface area (Å²) in [6.07, 6.45) is 0. The van der Waals surface area contributed by atoms with Gasteiger partial charge in [-0.2, -0.15) is 5.10 Å². The molecule has 1 heterocycles. The SMILES string of the molecule is COc1ccccc1CN(C)Cc1ccc(Cl)nn1. The Morgan fingerprint density at radius 2 is 1.89 bits per heavy atom. The van der Waals surface area contributed by atoms with Crippen LogP contribution in [0.4, 0.5) is 0 Å². The summed E-state index contributed by atoms with van der Waals surface area (Å²) in [5.74, 6) is 0.900. The average Bonchev–Trinajstić information content (AvgIpc) is 2.42. The quantitative estimate of drug-likeness (QED) is 0.842. The van der Waals surface area contributed by atoms with Crippen LogP contribution in [0.1, 0.15) is 11.3 Å². The first-order valence-electron chi connectivity index (χ1n) is 5.97. The van der Waals surface area contributed by atoms with Crippen molar-refractivity contribution in [2.75, 3.05) is 14.2 Å². The molecule has 0 saturated heterocycles. The first-order valence-corrected chi connectivity index (χ1v) is 6.35. The van der Waals surface area contributed by atoms with Crippen LogP contribution in [0, 0.1) is 0 Å². The molecule has 0 amide bonds. The Morgan fingerprint density at radius 1 is 1.11 bits per heavy atom. The zero-order valence-corrected chi connectivity index (χ0v) is 11.8. The van der Waals surface area contributed by atoms with Crippen molar-refractivity contribution >= 4 is 11.6 Å². The maximum Gasteiger partial charge on any atom is 0.151 e. The zero-order chi connectivity index (χ0) is 13.7. The van der Waals surface area contributed by atoms with E-state index in [4.69, 9.17) is 16.3 Å². The number of ether oxygens (including phenoxy) is 1. The van der Waals surface area contributed by atoms with E-state index >= 15 is 0 Å². The molecule has 0 aliphatic carbocycles. The van der Waals surface area contributed by atoms with Crippen LogP contribution in [0.5, 0.6) is 5.75 Å². The highest BCUT2D eigenvalue weighted by Gasteiger charge is 2.07. The third kappa shape index (κ3) is 3.91. The van der Waals surface area contributed by atoms with Crippen molar-refractivity contribution in [1.82, 2.24) is 15.1 Å². The summed E-state index contributed by atoms with van der Waals surface area (Å²) in [6.45, 7) is 1.50. The molecule has 5 heteroatoms. The second kappa shape index (κ2) is 6.50. The number of methoxy groups -OCH3 is 1. The summed E-state index contributed by atoms with van der Waals surface area (Å²) in [4.78, 5) is 2.15. The molecule has 0 atom stereocenters. The molecule has 0 N–H and O–H groups in total. The second-order valence-electron chi connectivity index (χ2n) is 4.33. The number of para-hydroxylation sites is 1. The number of rotatable bonds is 5. The summed E-state index contributed by atoms with van der Waals surface area (Å²) in [7, 11) is 3.71. The van der Waals surface area contributed by atoms with Gasteiger partial charge in [0.1, 0.15) is 5.75 Å². The van der Waals surface area contributed by atoms with Gasteiger partial charge in [0, 0.05) is 18.7 Å². The van der Waals surface area contributed by atoms with Crippen LogP contribution in [-0.4, -0.2) is 29.3 Å². The van der Waals surface area contributed by atoms with Gasteiger partial charge >= 0.3 is 0 Å². The molecule has 0 unspecified atom stereocenters. The Bertz CT molecular complexity index is 530. The van der Waals surface area contributed by atoms with E-state index in [2.05, 4.69) is 21.2 Å². The van der Waals surface area contributed by atoms with Gasteiger partial charge in [-0.1, -0.05) is 29.8 Å². The van der Waals surface area contributed by atoms with Crippen LogP contribution in [0.2, 0.25) is 5.15 Å². The van der Waals surface area contributed by atoms with Crippen LogP contribution in [0.3, 0.4) is 0 Å². The second-order valence-corrected chi connectivity index (χ2v) is 4.72. The molecule has 1 aromatic carbocycles. The Hall–Kier alpha value is -1.65. The van der Waals surface area contributed by atoms with Crippen molar-refractivity contribution < 1.29 is 4.74 Å². The highest BCUT2D eigenvalue weighted by molar-refractivity contribution is 6.29. The first kappa shape index (κ1) is 13.8. The molecule has 0 spiro atoms. The van der Waals surface area contributed by atoms with E-state index < -0.39 is 0 Å². The fraction of sp³-hybridized carbons (Fsp3) is 0.286. The van der Waals surface area contributed by atoms with E-state index in [1.165, 1.54) is 0 Å². The highest BCUT2D eigenvalue weighted by atomic mass is 35.5. The minimum atomic E-state index is 0.413. The van der Waals surface area contributed by atoms with Crippen LogP contribution >= 0.6 is 11.6 Å². The Labute approximate surface area is 118 Å². The predicted molar refractivity (Wildman–Crippen MR) is 75.2 cm³/mol. The molecule has 0 saturated carbocycles. The van der Waals surface area contributed by atoms with Crippen LogP contribution < -0.4 is 4.74 Å². The molecular formula is C14H16ClN3O. The summed E-state index contributed by atoms with van der Waals surface area (Å²) < 4.78 is 5.34. The van der Waals surface area contributed by atoms with Gasteiger partial charge < -0.3 is 4.74 Å². The maximum atomic E-state index is 5.71. The topological polar surface area (TPSA) is 38.2 Å². The van der Waals surface area contributed by atoms with Crippen molar-refractivity contribution in [1.29, 1.82) is 0 Å². The maximum absolute atomic E-state index is 5.71. The van der Waals surface area contributed by atoms with Gasteiger partial charge in [-0.05, 0) is 25.2 Å². The van der Waals surface area contributed by atoms with Crippen molar-refractivity contribution in [2.24, 2.45) is 0 Å². The molecule has 0 aliphatic heterocycles. The summed E-state index contributed by atoms with van der Waals surface area (Å²) in [6, 6.07) is 11.6. The number of hydrogen-bond acceptors (Lipinski definition) is 4. The molecule has 0 aliphatic rings. The van der Waals surface area contributed by atoms with Gasteiger partial charge in [-0.15, -0.1) is 5.10 Å². The zero-order valence-electron chi connectivity index (χ0n) is 11.0. The number of aromatic nitrogens is 2. The van der Waals surface area contributed by atoms with Crippen LogP contribution in [0.25, 0.3) is 0 Å². The lowest BCUT2D eigenvalue weighted by molar-refractivity contribution is 0.305. The Morgan fingerprint density at radius 3 is 2.58 bits per heavy atom. The van der Waals surface area contributed by atoms with Crippen molar-refractivity contribution in [3.05, 3.63) is 52.8 Å². The minimum absolute atomic E-state index is 0.413. The fourth-order valence-electron chi connectivity index (χ4n) is 1.88. The molecule has 0 radical (unpaired) electrons.